The summed E-state index contributed by atoms with van der Waals surface area (Å²) in [6, 6.07) is 77.4. The predicted molar refractivity (Wildman–Crippen MR) is 248 cm³/mol. The lowest BCUT2D eigenvalue weighted by Crippen LogP contribution is -2.12. The minimum atomic E-state index is 1.10. The summed E-state index contributed by atoms with van der Waals surface area (Å²) in [6.45, 7) is 0. The summed E-state index contributed by atoms with van der Waals surface area (Å²) in [4.78, 5) is 2.49. The first-order valence-corrected chi connectivity index (χ1v) is 20.6. The van der Waals surface area contributed by atoms with Crippen molar-refractivity contribution in [1.29, 1.82) is 0 Å². The van der Waals surface area contributed by atoms with Gasteiger partial charge in [0.25, 0.3) is 0 Å². The van der Waals surface area contributed by atoms with E-state index < -0.39 is 0 Å². The molecule has 3 nitrogen and oxygen atoms in total. The summed E-state index contributed by atoms with van der Waals surface area (Å²) in [5, 5.41) is 7.50. The minimum absolute atomic E-state index is 1.10. The van der Waals surface area contributed by atoms with Crippen LogP contribution < -0.4 is 4.90 Å². The van der Waals surface area contributed by atoms with E-state index in [1.54, 1.807) is 0 Å². The van der Waals surface area contributed by atoms with Crippen LogP contribution in [0.1, 0.15) is 0 Å². The molecule has 0 amide bonds. The lowest BCUT2D eigenvalue weighted by Gasteiger charge is -2.28. The van der Waals surface area contributed by atoms with Gasteiger partial charge in [-0.05, 0) is 78.4 Å². The molecule has 3 heterocycles. The Morgan fingerprint density at radius 2 is 0.845 bits per heavy atom. The van der Waals surface area contributed by atoms with Crippen molar-refractivity contribution in [3.05, 3.63) is 212 Å². The van der Waals surface area contributed by atoms with Gasteiger partial charge in [0.2, 0.25) is 0 Å². The zero-order valence-electron chi connectivity index (χ0n) is 31.5. The zero-order chi connectivity index (χ0) is 38.2. The van der Waals surface area contributed by atoms with Crippen LogP contribution in [0.15, 0.2) is 212 Å². The van der Waals surface area contributed by atoms with Gasteiger partial charge in [0.15, 0.2) is 0 Å². The molecule has 0 unspecified atom stereocenters. The van der Waals surface area contributed by atoms with Gasteiger partial charge in [-0.25, -0.2) is 0 Å². The third-order valence-electron chi connectivity index (χ3n) is 11.7. The van der Waals surface area contributed by atoms with E-state index in [-0.39, 0.29) is 0 Å². The second kappa shape index (κ2) is 13.1. The van der Waals surface area contributed by atoms with Gasteiger partial charge >= 0.3 is 0 Å². The van der Waals surface area contributed by atoms with Crippen LogP contribution in [0.2, 0.25) is 0 Å². The van der Waals surface area contributed by atoms with Crippen LogP contribution in [0.4, 0.5) is 17.1 Å². The van der Waals surface area contributed by atoms with Gasteiger partial charge in [0.05, 0.1) is 33.4 Å². The zero-order valence-corrected chi connectivity index (χ0v) is 32.3. The van der Waals surface area contributed by atoms with Crippen LogP contribution in [0.5, 0.6) is 0 Å². The van der Waals surface area contributed by atoms with Crippen molar-refractivity contribution in [3.63, 3.8) is 0 Å². The van der Waals surface area contributed by atoms with Crippen molar-refractivity contribution in [2.45, 2.75) is 0 Å². The highest BCUT2D eigenvalue weighted by Gasteiger charge is 2.24. The van der Waals surface area contributed by atoms with Crippen molar-refractivity contribution in [3.8, 4) is 22.5 Å². The Bertz CT molecular complexity index is 3500. The number of nitrogens with zero attached hydrogens (tertiary/aromatic N) is 3. The van der Waals surface area contributed by atoms with E-state index in [1.807, 2.05) is 11.3 Å². The van der Waals surface area contributed by atoms with Gasteiger partial charge in [-0.3, -0.25) is 0 Å². The van der Waals surface area contributed by atoms with Crippen LogP contribution in [-0.4, -0.2) is 9.13 Å². The maximum Gasteiger partial charge on any atom is 0.0782 e. The largest absolute Gasteiger partial charge is 0.309 e. The van der Waals surface area contributed by atoms with Gasteiger partial charge in [-0.2, -0.15) is 0 Å². The molecule has 272 valence electrons. The molecule has 4 heteroatoms. The van der Waals surface area contributed by atoms with Gasteiger partial charge < -0.3 is 14.0 Å². The summed E-state index contributed by atoms with van der Waals surface area (Å²) in [5.74, 6) is 0. The second-order valence-electron chi connectivity index (χ2n) is 14.9. The molecule has 0 aliphatic heterocycles. The molecule has 58 heavy (non-hydrogen) atoms. The smallest absolute Gasteiger partial charge is 0.0782 e. The molecular weight excluding hydrogens is 723 g/mol. The van der Waals surface area contributed by atoms with Crippen LogP contribution in [0.25, 0.3) is 86.3 Å². The third kappa shape index (κ3) is 4.92. The second-order valence-corrected chi connectivity index (χ2v) is 16.0. The molecule has 12 aromatic rings. The molecule has 3 aromatic heterocycles. The molecule has 0 radical (unpaired) electrons. The van der Waals surface area contributed by atoms with Crippen molar-refractivity contribution < 1.29 is 0 Å². The molecule has 12 rings (SSSR count). The summed E-state index contributed by atoms with van der Waals surface area (Å²) in [5.41, 5.74) is 12.8. The number of aromatic nitrogens is 2. The van der Waals surface area contributed by atoms with E-state index in [0.717, 1.165) is 28.4 Å². The Kier molecular flexibility index (Phi) is 7.40. The number of para-hydroxylation sites is 6. The molecule has 0 N–H and O–H groups in total. The third-order valence-corrected chi connectivity index (χ3v) is 12.8. The maximum absolute atomic E-state index is 2.49. The van der Waals surface area contributed by atoms with Gasteiger partial charge in [0.1, 0.15) is 0 Å². The molecular formula is C54H35N3S. The molecule has 0 aliphatic rings. The SMILES string of the molecule is c1ccc(-n2c3ccccc3c3cccc(-c4ccc(N(c5cccc6sc7ccccc7c56)c5cccc6c7ccccc7n(-c7ccccc7)c56)cc4)c32)cc1. The quantitative estimate of drug-likeness (QED) is 0.165. The standard InChI is InChI=1S/C54H35N3S/c1-3-16-37(17-4-1)56-46-26-10-7-20-41(46)43-24-13-23-40(53(43)56)36-32-34-39(35-33-36)55(48-28-15-31-51-52(48)45-22-9-12-30-50(45)58-51)49-29-14-25-44-42-21-8-11-27-47(42)57(54(44)49)38-18-5-2-6-19-38/h1-35H. The lowest BCUT2D eigenvalue weighted by molar-refractivity contribution is 1.17. The molecule has 0 saturated carbocycles. The fourth-order valence-electron chi connectivity index (χ4n) is 9.26. The average molecular weight is 758 g/mol. The number of hydrogen-bond acceptors (Lipinski definition) is 2. The van der Waals surface area contributed by atoms with E-state index in [0.29, 0.717) is 0 Å². The molecule has 9 aromatic carbocycles. The van der Waals surface area contributed by atoms with Crippen molar-refractivity contribution in [2.75, 3.05) is 4.90 Å². The summed E-state index contributed by atoms with van der Waals surface area (Å²) in [7, 11) is 0. The summed E-state index contributed by atoms with van der Waals surface area (Å²) >= 11 is 1.86. The Balaban J connectivity index is 1.13. The molecule has 0 bridgehead atoms. The Morgan fingerprint density at radius 1 is 0.345 bits per heavy atom. The highest BCUT2D eigenvalue weighted by Crippen LogP contribution is 2.48. The highest BCUT2D eigenvalue weighted by molar-refractivity contribution is 7.26. The fourth-order valence-corrected chi connectivity index (χ4v) is 10.4. The van der Waals surface area contributed by atoms with Crippen molar-refractivity contribution in [2.24, 2.45) is 0 Å². The van der Waals surface area contributed by atoms with E-state index >= 15 is 0 Å². The van der Waals surface area contributed by atoms with E-state index in [2.05, 4.69) is 226 Å². The van der Waals surface area contributed by atoms with Crippen LogP contribution in [0.3, 0.4) is 0 Å². The lowest BCUT2D eigenvalue weighted by atomic mass is 10.0. The van der Waals surface area contributed by atoms with Gasteiger partial charge in [0, 0.05) is 64.3 Å². The van der Waals surface area contributed by atoms with E-state index in [9.17, 15) is 0 Å². The Hall–Kier alpha value is -7.40. The number of thiophene rings is 1. The summed E-state index contributed by atoms with van der Waals surface area (Å²) in [6.07, 6.45) is 0. The van der Waals surface area contributed by atoms with Gasteiger partial charge in [-0.1, -0.05) is 140 Å². The number of anilines is 3. The highest BCUT2D eigenvalue weighted by atomic mass is 32.1. The molecule has 0 atom stereocenters. The first-order chi connectivity index (χ1) is 28.8. The number of rotatable bonds is 6. The fraction of sp³-hybridized carbons (Fsp3) is 0. The molecule has 0 aliphatic carbocycles. The monoisotopic (exact) mass is 757 g/mol. The molecule has 0 fully saturated rings. The topological polar surface area (TPSA) is 13.1 Å². The van der Waals surface area contributed by atoms with E-state index in [4.69, 9.17) is 0 Å². The molecule has 0 saturated heterocycles. The Labute approximate surface area is 339 Å². The first kappa shape index (κ1) is 32.8. The number of hydrogen-bond donors (Lipinski definition) is 0. The van der Waals surface area contributed by atoms with Gasteiger partial charge in [-0.15, -0.1) is 11.3 Å². The number of fused-ring (bicyclic) bond motifs is 9. The van der Waals surface area contributed by atoms with Crippen LogP contribution in [0, 0.1) is 0 Å². The normalized spacial score (nSPS) is 11.8. The average Bonchev–Trinajstić information content (AvgIpc) is 3.96. The minimum Gasteiger partial charge on any atom is -0.309 e. The van der Waals surface area contributed by atoms with Crippen molar-refractivity contribution >= 4 is 92.2 Å². The maximum atomic E-state index is 2.49. The van der Waals surface area contributed by atoms with Crippen molar-refractivity contribution in [1.82, 2.24) is 9.13 Å². The van der Waals surface area contributed by atoms with Crippen LogP contribution in [-0.2, 0) is 0 Å². The Morgan fingerprint density at radius 3 is 1.53 bits per heavy atom. The first-order valence-electron chi connectivity index (χ1n) is 19.8. The van der Waals surface area contributed by atoms with E-state index in [1.165, 1.54) is 74.9 Å². The molecule has 0 spiro atoms. The summed E-state index contributed by atoms with van der Waals surface area (Å²) < 4.78 is 7.43. The number of benzene rings is 9. The predicted octanol–water partition coefficient (Wildman–Crippen LogP) is 15.4. The van der Waals surface area contributed by atoms with Crippen LogP contribution >= 0.6 is 11.3 Å².